The van der Waals surface area contributed by atoms with Crippen LogP contribution in [0, 0.1) is 0 Å². The van der Waals surface area contributed by atoms with Gasteiger partial charge in [-0.05, 0) is 12.1 Å². The normalized spacial score (nSPS) is 10.3. The summed E-state index contributed by atoms with van der Waals surface area (Å²) < 4.78 is 9.58. The van der Waals surface area contributed by atoms with Crippen LogP contribution >= 0.6 is 0 Å². The zero-order valence-electron chi connectivity index (χ0n) is 9.80. The van der Waals surface area contributed by atoms with Gasteiger partial charge in [0.15, 0.2) is 12.0 Å². The minimum Gasteiger partial charge on any atom is -0.469 e. The number of nitrogens with zero attached hydrogens (tertiary/aromatic N) is 1. The van der Waals surface area contributed by atoms with Crippen LogP contribution in [0.1, 0.15) is 12.8 Å². The first kappa shape index (κ1) is 12.1. The van der Waals surface area contributed by atoms with Gasteiger partial charge in [0, 0.05) is 18.2 Å². The lowest BCUT2D eigenvalue weighted by Crippen LogP contribution is -2.13. The minimum absolute atomic E-state index is 0.0624. The summed E-state index contributed by atoms with van der Waals surface area (Å²) in [5.41, 5.74) is 1.93. The summed E-state index contributed by atoms with van der Waals surface area (Å²) in [7, 11) is 1.29. The van der Waals surface area contributed by atoms with E-state index in [9.17, 15) is 9.59 Å². The Bertz CT molecular complexity index is 576. The van der Waals surface area contributed by atoms with Gasteiger partial charge in [0.2, 0.25) is 5.91 Å². The van der Waals surface area contributed by atoms with Crippen LogP contribution in [0.4, 0.5) is 5.69 Å². The summed E-state index contributed by atoms with van der Waals surface area (Å²) in [5, 5.41) is 2.67. The molecular formula is C12H12N2O4. The number of ether oxygens (including phenoxy) is 1. The average Bonchev–Trinajstić information content (AvgIpc) is 2.83. The molecule has 1 N–H and O–H groups in total. The topological polar surface area (TPSA) is 81.4 Å². The predicted octanol–water partition coefficient (Wildman–Crippen LogP) is 1.72. The van der Waals surface area contributed by atoms with Crippen LogP contribution in [0.25, 0.3) is 11.1 Å². The largest absolute Gasteiger partial charge is 0.469 e. The standard InChI is InChI=1S/C12H12N2O4/c1-17-12(16)5-4-11(15)14-8-2-3-9-10(6-8)18-7-13-9/h2-3,6-7H,4-5H2,1H3,(H,14,15). The molecule has 6 heteroatoms. The number of nitrogens with one attached hydrogen (secondary N) is 1. The van der Waals surface area contributed by atoms with Crippen molar-refractivity contribution in [1.82, 2.24) is 4.98 Å². The molecule has 0 saturated carbocycles. The molecule has 0 spiro atoms. The molecule has 2 aromatic rings. The Kier molecular flexibility index (Phi) is 3.57. The van der Waals surface area contributed by atoms with Crippen molar-refractivity contribution in [3.8, 4) is 0 Å². The van der Waals surface area contributed by atoms with Gasteiger partial charge in [-0.25, -0.2) is 4.98 Å². The zero-order chi connectivity index (χ0) is 13.0. The highest BCUT2D eigenvalue weighted by Gasteiger charge is 2.08. The molecule has 0 aliphatic heterocycles. The summed E-state index contributed by atoms with van der Waals surface area (Å²) in [6, 6.07) is 5.15. The summed E-state index contributed by atoms with van der Waals surface area (Å²) in [6.07, 6.45) is 1.49. The van der Waals surface area contributed by atoms with Crippen LogP contribution in [0.2, 0.25) is 0 Å². The van der Waals surface area contributed by atoms with Crippen molar-refractivity contribution in [3.63, 3.8) is 0 Å². The fraction of sp³-hybridized carbons (Fsp3) is 0.250. The van der Waals surface area contributed by atoms with E-state index < -0.39 is 5.97 Å². The van der Waals surface area contributed by atoms with Crippen molar-refractivity contribution in [3.05, 3.63) is 24.6 Å². The van der Waals surface area contributed by atoms with Gasteiger partial charge in [-0.3, -0.25) is 9.59 Å². The minimum atomic E-state index is -0.407. The molecule has 2 rings (SSSR count). The lowest BCUT2D eigenvalue weighted by Gasteiger charge is -2.04. The molecule has 0 atom stereocenters. The van der Waals surface area contributed by atoms with Gasteiger partial charge in [-0.15, -0.1) is 0 Å². The Morgan fingerprint density at radius 1 is 1.39 bits per heavy atom. The van der Waals surface area contributed by atoms with Crippen molar-refractivity contribution in [2.75, 3.05) is 12.4 Å². The smallest absolute Gasteiger partial charge is 0.306 e. The fourth-order valence-corrected chi connectivity index (χ4v) is 1.47. The van der Waals surface area contributed by atoms with Gasteiger partial charge in [0.05, 0.1) is 13.5 Å². The van der Waals surface area contributed by atoms with Crippen LogP contribution in [0.15, 0.2) is 29.0 Å². The second-order valence-electron chi connectivity index (χ2n) is 3.66. The van der Waals surface area contributed by atoms with E-state index >= 15 is 0 Å². The third-order valence-corrected chi connectivity index (χ3v) is 2.40. The maximum Gasteiger partial charge on any atom is 0.306 e. The van der Waals surface area contributed by atoms with Crippen molar-refractivity contribution >= 4 is 28.7 Å². The molecule has 18 heavy (non-hydrogen) atoms. The number of aromatic nitrogens is 1. The van der Waals surface area contributed by atoms with E-state index in [1.807, 2.05) is 0 Å². The number of anilines is 1. The maximum atomic E-state index is 11.5. The van der Waals surface area contributed by atoms with Crippen molar-refractivity contribution in [2.24, 2.45) is 0 Å². The lowest BCUT2D eigenvalue weighted by molar-refractivity contribution is -0.141. The Morgan fingerprint density at radius 3 is 3.00 bits per heavy atom. The van der Waals surface area contributed by atoms with Crippen molar-refractivity contribution < 1.29 is 18.7 Å². The molecule has 94 valence electrons. The van der Waals surface area contributed by atoms with E-state index in [-0.39, 0.29) is 18.7 Å². The van der Waals surface area contributed by atoms with E-state index in [1.165, 1.54) is 13.5 Å². The number of hydrogen-bond donors (Lipinski definition) is 1. The van der Waals surface area contributed by atoms with Gasteiger partial charge in [0.25, 0.3) is 0 Å². The molecule has 0 radical (unpaired) electrons. The number of rotatable bonds is 4. The molecular weight excluding hydrogens is 236 g/mol. The maximum absolute atomic E-state index is 11.5. The fourth-order valence-electron chi connectivity index (χ4n) is 1.47. The predicted molar refractivity (Wildman–Crippen MR) is 63.9 cm³/mol. The average molecular weight is 248 g/mol. The first-order valence-electron chi connectivity index (χ1n) is 5.39. The van der Waals surface area contributed by atoms with Gasteiger partial charge in [-0.1, -0.05) is 0 Å². The number of oxazole rings is 1. The van der Waals surface area contributed by atoms with Gasteiger partial charge in [0.1, 0.15) is 5.52 Å². The summed E-state index contributed by atoms with van der Waals surface area (Å²) in [5.74, 6) is -0.657. The van der Waals surface area contributed by atoms with Crippen molar-refractivity contribution in [2.45, 2.75) is 12.8 Å². The monoisotopic (exact) mass is 248 g/mol. The third-order valence-electron chi connectivity index (χ3n) is 2.40. The highest BCUT2D eigenvalue weighted by molar-refractivity contribution is 5.94. The number of carbonyl (C=O) groups is 2. The summed E-state index contributed by atoms with van der Waals surface area (Å²) >= 11 is 0. The van der Waals surface area contributed by atoms with E-state index in [4.69, 9.17) is 4.42 Å². The Labute approximate surface area is 103 Å². The quantitative estimate of drug-likeness (QED) is 0.833. The Hall–Kier alpha value is -2.37. The third kappa shape index (κ3) is 2.85. The Morgan fingerprint density at radius 2 is 2.22 bits per heavy atom. The van der Waals surface area contributed by atoms with Gasteiger partial charge in [-0.2, -0.15) is 0 Å². The summed E-state index contributed by atoms with van der Waals surface area (Å²) in [6.45, 7) is 0. The molecule has 1 amide bonds. The highest BCUT2D eigenvalue weighted by Crippen LogP contribution is 2.17. The molecule has 0 unspecified atom stereocenters. The van der Waals surface area contributed by atoms with E-state index in [0.29, 0.717) is 11.3 Å². The van der Waals surface area contributed by atoms with Gasteiger partial charge >= 0.3 is 5.97 Å². The molecule has 0 aliphatic rings. The van der Waals surface area contributed by atoms with Crippen LogP contribution < -0.4 is 5.32 Å². The number of carbonyl (C=O) groups excluding carboxylic acids is 2. The SMILES string of the molecule is COC(=O)CCC(=O)Nc1ccc2ncoc2c1. The molecule has 1 aromatic heterocycles. The molecule has 0 fully saturated rings. The van der Waals surface area contributed by atoms with Crippen LogP contribution in [-0.2, 0) is 14.3 Å². The second-order valence-corrected chi connectivity index (χ2v) is 3.66. The van der Waals surface area contributed by atoms with E-state index in [0.717, 1.165) is 5.52 Å². The Balaban J connectivity index is 1.96. The number of esters is 1. The van der Waals surface area contributed by atoms with Crippen molar-refractivity contribution in [1.29, 1.82) is 0 Å². The lowest BCUT2D eigenvalue weighted by atomic mass is 10.2. The number of amides is 1. The summed E-state index contributed by atoms with van der Waals surface area (Å²) in [4.78, 5) is 26.4. The zero-order valence-corrected chi connectivity index (χ0v) is 9.80. The highest BCUT2D eigenvalue weighted by atomic mass is 16.5. The molecule has 6 nitrogen and oxygen atoms in total. The number of hydrogen-bond acceptors (Lipinski definition) is 5. The van der Waals surface area contributed by atoms with Crippen LogP contribution in [0.5, 0.6) is 0 Å². The van der Waals surface area contributed by atoms with Gasteiger partial charge < -0.3 is 14.5 Å². The molecule has 1 aromatic carbocycles. The number of fused-ring (bicyclic) bond motifs is 1. The first-order valence-corrected chi connectivity index (χ1v) is 5.39. The molecule has 0 aliphatic carbocycles. The van der Waals surface area contributed by atoms with E-state index in [1.54, 1.807) is 18.2 Å². The van der Waals surface area contributed by atoms with Crippen LogP contribution in [0.3, 0.4) is 0 Å². The molecule has 1 heterocycles. The second kappa shape index (κ2) is 5.31. The number of benzene rings is 1. The van der Waals surface area contributed by atoms with Crippen LogP contribution in [-0.4, -0.2) is 24.0 Å². The molecule has 0 bridgehead atoms. The molecule has 0 saturated heterocycles. The van der Waals surface area contributed by atoms with E-state index in [2.05, 4.69) is 15.0 Å². The first-order chi connectivity index (χ1) is 8.69. The number of methoxy groups -OCH3 is 1.